The molecule has 146 valence electrons. The van der Waals surface area contributed by atoms with Crippen LogP contribution in [-0.4, -0.2) is 46.4 Å². The Labute approximate surface area is 159 Å². The number of aliphatic carboxylic acids is 1. The van der Waals surface area contributed by atoms with Gasteiger partial charge >= 0.3 is 5.97 Å². The molecule has 2 aliphatic rings. The van der Waals surface area contributed by atoms with Gasteiger partial charge in [-0.2, -0.15) is 0 Å². The maximum absolute atomic E-state index is 12.8. The number of carbonyl (C=O) groups is 3. The van der Waals surface area contributed by atoms with Crippen molar-refractivity contribution < 1.29 is 19.5 Å². The first-order valence-corrected chi connectivity index (χ1v) is 9.83. The number of amides is 2. The first-order valence-electron chi connectivity index (χ1n) is 9.83. The fraction of sp³-hybridized carbons (Fsp3) is 0.571. The zero-order valence-electron chi connectivity index (χ0n) is 15.9. The molecule has 1 atom stereocenters. The molecular weight excluding hydrogens is 344 g/mol. The van der Waals surface area contributed by atoms with Gasteiger partial charge in [-0.05, 0) is 44.7 Å². The number of likely N-dealkylation sites (tertiary alicyclic amines) is 1. The van der Waals surface area contributed by atoms with Crippen LogP contribution in [0.25, 0.3) is 0 Å². The van der Waals surface area contributed by atoms with Gasteiger partial charge in [0.05, 0.1) is 5.92 Å². The summed E-state index contributed by atoms with van der Waals surface area (Å²) in [6.45, 7) is 2.94. The molecule has 2 fully saturated rings. The molecule has 0 spiro atoms. The largest absolute Gasteiger partial charge is 0.480 e. The monoisotopic (exact) mass is 372 g/mol. The van der Waals surface area contributed by atoms with Gasteiger partial charge in [-0.25, -0.2) is 4.79 Å². The van der Waals surface area contributed by atoms with E-state index in [1.165, 1.54) is 0 Å². The van der Waals surface area contributed by atoms with Gasteiger partial charge in [0.1, 0.15) is 5.54 Å². The van der Waals surface area contributed by atoms with E-state index in [-0.39, 0.29) is 17.7 Å². The molecule has 2 N–H and O–H groups in total. The van der Waals surface area contributed by atoms with Crippen molar-refractivity contribution in [3.05, 3.63) is 35.4 Å². The molecule has 0 unspecified atom stereocenters. The summed E-state index contributed by atoms with van der Waals surface area (Å²) in [5.41, 5.74) is 0.573. The van der Waals surface area contributed by atoms with Gasteiger partial charge in [0.2, 0.25) is 5.91 Å². The maximum atomic E-state index is 12.8. The Kier molecular flexibility index (Phi) is 5.82. The van der Waals surface area contributed by atoms with Crippen LogP contribution >= 0.6 is 0 Å². The van der Waals surface area contributed by atoms with Crippen molar-refractivity contribution in [3.63, 3.8) is 0 Å². The van der Waals surface area contributed by atoms with Crippen molar-refractivity contribution in [3.8, 4) is 0 Å². The molecule has 1 aliphatic heterocycles. The lowest BCUT2D eigenvalue weighted by Gasteiger charge is -2.37. The van der Waals surface area contributed by atoms with Gasteiger partial charge in [0.25, 0.3) is 5.91 Å². The third-order valence-corrected chi connectivity index (χ3v) is 5.86. The second-order valence-corrected chi connectivity index (χ2v) is 7.89. The van der Waals surface area contributed by atoms with E-state index in [0.29, 0.717) is 37.9 Å². The number of aryl methyl sites for hydroxylation is 1. The molecule has 6 heteroatoms. The Morgan fingerprint density at radius 3 is 2.37 bits per heavy atom. The number of hydrogen-bond acceptors (Lipinski definition) is 3. The van der Waals surface area contributed by atoms with E-state index >= 15 is 0 Å². The highest BCUT2D eigenvalue weighted by atomic mass is 16.4. The second kappa shape index (κ2) is 8.11. The summed E-state index contributed by atoms with van der Waals surface area (Å²) in [5, 5.41) is 12.5. The zero-order valence-corrected chi connectivity index (χ0v) is 15.9. The highest BCUT2D eigenvalue weighted by Gasteiger charge is 2.42. The number of nitrogens with one attached hydrogen (secondary N) is 1. The van der Waals surface area contributed by atoms with Gasteiger partial charge in [0, 0.05) is 18.7 Å². The summed E-state index contributed by atoms with van der Waals surface area (Å²) in [6.07, 6.45) is 5.02. The van der Waals surface area contributed by atoms with Crippen molar-refractivity contribution in [2.24, 2.45) is 5.92 Å². The molecular formula is C21H28N2O4. The molecule has 1 heterocycles. The van der Waals surface area contributed by atoms with E-state index in [2.05, 4.69) is 5.32 Å². The van der Waals surface area contributed by atoms with Crippen molar-refractivity contribution in [1.29, 1.82) is 0 Å². The van der Waals surface area contributed by atoms with E-state index < -0.39 is 11.5 Å². The molecule has 6 nitrogen and oxygen atoms in total. The quantitative estimate of drug-likeness (QED) is 0.851. The standard InChI is InChI=1S/C21H28N2O4/c1-15-7-9-16(10-8-15)19(25)23-13-5-6-17(14-23)18(24)22-21(20(26)27)11-3-2-4-12-21/h7-10,17H,2-6,11-14H2,1H3,(H,22,24)(H,26,27)/t17-/m1/s1. The van der Waals surface area contributed by atoms with Crippen molar-refractivity contribution >= 4 is 17.8 Å². The van der Waals surface area contributed by atoms with Crippen LogP contribution in [0.2, 0.25) is 0 Å². The van der Waals surface area contributed by atoms with Gasteiger partial charge < -0.3 is 15.3 Å². The minimum atomic E-state index is -1.14. The van der Waals surface area contributed by atoms with Crippen LogP contribution in [-0.2, 0) is 9.59 Å². The Balaban J connectivity index is 1.66. The fourth-order valence-corrected chi connectivity index (χ4v) is 4.14. The summed E-state index contributed by atoms with van der Waals surface area (Å²) < 4.78 is 0. The van der Waals surface area contributed by atoms with E-state index in [1.54, 1.807) is 4.90 Å². The number of carboxylic acids is 1. The van der Waals surface area contributed by atoms with Crippen LogP contribution in [0.15, 0.2) is 24.3 Å². The zero-order chi connectivity index (χ0) is 19.4. The van der Waals surface area contributed by atoms with Crippen molar-refractivity contribution in [2.75, 3.05) is 13.1 Å². The minimum absolute atomic E-state index is 0.0712. The van der Waals surface area contributed by atoms with Crippen molar-refractivity contribution in [2.45, 2.75) is 57.4 Å². The Bertz CT molecular complexity index is 707. The van der Waals surface area contributed by atoms with E-state index in [0.717, 1.165) is 31.2 Å². The Hall–Kier alpha value is -2.37. The van der Waals surface area contributed by atoms with E-state index in [9.17, 15) is 19.5 Å². The highest BCUT2D eigenvalue weighted by molar-refractivity contribution is 5.95. The summed E-state index contributed by atoms with van der Waals surface area (Å²) >= 11 is 0. The molecule has 0 bridgehead atoms. The highest BCUT2D eigenvalue weighted by Crippen LogP contribution is 2.29. The molecule has 27 heavy (non-hydrogen) atoms. The lowest BCUT2D eigenvalue weighted by Crippen LogP contribution is -2.58. The van der Waals surface area contributed by atoms with Crippen LogP contribution in [0, 0.1) is 12.8 Å². The van der Waals surface area contributed by atoms with Gasteiger partial charge in [-0.15, -0.1) is 0 Å². The first-order chi connectivity index (χ1) is 12.9. The third kappa shape index (κ3) is 4.31. The molecule has 1 aliphatic carbocycles. The SMILES string of the molecule is Cc1ccc(C(=O)N2CCC[C@@H](C(=O)NC3(C(=O)O)CCCCC3)C2)cc1. The van der Waals surface area contributed by atoms with Crippen LogP contribution in [0.5, 0.6) is 0 Å². The number of carbonyl (C=O) groups excluding carboxylic acids is 2. The van der Waals surface area contributed by atoms with Crippen LogP contribution in [0.4, 0.5) is 0 Å². The third-order valence-electron chi connectivity index (χ3n) is 5.86. The lowest BCUT2D eigenvalue weighted by atomic mass is 9.81. The molecule has 0 radical (unpaired) electrons. The Morgan fingerprint density at radius 2 is 1.74 bits per heavy atom. The predicted octanol–water partition coefficient (Wildman–Crippen LogP) is 2.75. The average molecular weight is 372 g/mol. The smallest absolute Gasteiger partial charge is 0.329 e. The summed E-state index contributed by atoms with van der Waals surface area (Å²) in [5.74, 6) is -1.61. The number of piperidine rings is 1. The number of rotatable bonds is 4. The molecule has 3 rings (SSSR count). The summed E-state index contributed by atoms with van der Waals surface area (Å²) in [6, 6.07) is 7.42. The molecule has 1 aromatic rings. The van der Waals surface area contributed by atoms with Gasteiger partial charge in [0.15, 0.2) is 0 Å². The molecule has 1 saturated heterocycles. The summed E-state index contributed by atoms with van der Waals surface area (Å²) in [4.78, 5) is 39.1. The average Bonchev–Trinajstić information content (AvgIpc) is 2.68. The van der Waals surface area contributed by atoms with Crippen molar-refractivity contribution in [1.82, 2.24) is 10.2 Å². The van der Waals surface area contributed by atoms with E-state index in [1.807, 2.05) is 31.2 Å². The van der Waals surface area contributed by atoms with Crippen LogP contribution in [0.1, 0.15) is 60.9 Å². The minimum Gasteiger partial charge on any atom is -0.480 e. The lowest BCUT2D eigenvalue weighted by molar-refractivity contribution is -0.150. The molecule has 1 aromatic carbocycles. The number of nitrogens with zero attached hydrogens (tertiary/aromatic N) is 1. The fourth-order valence-electron chi connectivity index (χ4n) is 4.14. The van der Waals surface area contributed by atoms with E-state index in [4.69, 9.17) is 0 Å². The van der Waals surface area contributed by atoms with Crippen LogP contribution < -0.4 is 5.32 Å². The Morgan fingerprint density at radius 1 is 1.07 bits per heavy atom. The molecule has 0 aromatic heterocycles. The maximum Gasteiger partial charge on any atom is 0.329 e. The predicted molar refractivity (Wildman–Crippen MR) is 101 cm³/mol. The number of benzene rings is 1. The van der Waals surface area contributed by atoms with Gasteiger partial charge in [-0.3, -0.25) is 9.59 Å². The second-order valence-electron chi connectivity index (χ2n) is 7.89. The molecule has 1 saturated carbocycles. The topological polar surface area (TPSA) is 86.7 Å². The molecule has 2 amide bonds. The van der Waals surface area contributed by atoms with Gasteiger partial charge in [-0.1, -0.05) is 37.0 Å². The van der Waals surface area contributed by atoms with Crippen LogP contribution in [0.3, 0.4) is 0 Å². The first kappa shape index (κ1) is 19.4. The summed E-state index contributed by atoms with van der Waals surface area (Å²) in [7, 11) is 0. The number of carboxylic acid groups (broad SMARTS) is 1. The number of hydrogen-bond donors (Lipinski definition) is 2. The normalized spacial score (nSPS) is 22.1.